The molecule has 0 bridgehead atoms. The number of hydrogen-bond acceptors (Lipinski definition) is 3. The molecule has 0 aliphatic heterocycles. The van der Waals surface area contributed by atoms with Crippen LogP contribution in [0, 0.1) is 6.92 Å². The van der Waals surface area contributed by atoms with E-state index in [0.29, 0.717) is 17.1 Å². The molecule has 0 radical (unpaired) electrons. The third-order valence-corrected chi connectivity index (χ3v) is 2.96. The highest BCUT2D eigenvalue weighted by Gasteiger charge is 2.22. The maximum Gasteiger partial charge on any atom is 0.326 e. The summed E-state index contributed by atoms with van der Waals surface area (Å²) in [5.74, 6) is -0.0837. The van der Waals surface area contributed by atoms with E-state index in [1.165, 1.54) is 0 Å². The Hall–Kier alpha value is -2.04. The second kappa shape index (κ2) is 6.93. The van der Waals surface area contributed by atoms with Crippen molar-refractivity contribution in [3.8, 4) is 0 Å². The van der Waals surface area contributed by atoms with Crippen molar-refractivity contribution >= 4 is 11.9 Å². The van der Waals surface area contributed by atoms with Crippen LogP contribution in [0.1, 0.15) is 55.0 Å². The molecule has 2 N–H and O–H groups in total. The Morgan fingerprint density at radius 1 is 1.45 bits per heavy atom. The molecule has 0 saturated heterocycles. The molecular formula is C15H21NO4. The summed E-state index contributed by atoms with van der Waals surface area (Å²) < 4.78 is 5.50. The summed E-state index contributed by atoms with van der Waals surface area (Å²) in [6.07, 6.45) is 3.72. The molecule has 0 fully saturated rings. The fourth-order valence-corrected chi connectivity index (χ4v) is 1.74. The van der Waals surface area contributed by atoms with Gasteiger partial charge in [-0.15, -0.1) is 0 Å². The molecule has 110 valence electrons. The van der Waals surface area contributed by atoms with Crippen LogP contribution in [0.25, 0.3) is 0 Å². The fraction of sp³-hybridized carbons (Fsp3) is 0.467. The lowest BCUT2D eigenvalue weighted by Gasteiger charge is -2.12. The molecule has 1 aromatic heterocycles. The Kier molecular flexibility index (Phi) is 5.55. The number of nitrogens with one attached hydrogen (secondary N) is 1. The molecule has 5 nitrogen and oxygen atoms in total. The average molecular weight is 279 g/mol. The minimum atomic E-state index is -1.05. The number of furan rings is 1. The summed E-state index contributed by atoms with van der Waals surface area (Å²) in [5, 5.41) is 11.6. The predicted molar refractivity (Wildman–Crippen MR) is 75.9 cm³/mol. The van der Waals surface area contributed by atoms with Gasteiger partial charge in [0, 0.05) is 5.92 Å². The van der Waals surface area contributed by atoms with E-state index >= 15 is 0 Å². The molecule has 1 unspecified atom stereocenters. The van der Waals surface area contributed by atoms with Gasteiger partial charge in [0.05, 0.1) is 5.56 Å². The Balaban J connectivity index is 2.86. The van der Waals surface area contributed by atoms with Gasteiger partial charge in [0.25, 0.3) is 5.91 Å². The quantitative estimate of drug-likeness (QED) is 0.785. The minimum Gasteiger partial charge on any atom is -0.480 e. The van der Waals surface area contributed by atoms with Gasteiger partial charge in [-0.1, -0.05) is 26.0 Å². The second-order valence-corrected chi connectivity index (χ2v) is 4.94. The topological polar surface area (TPSA) is 79.5 Å². The maximum atomic E-state index is 12.1. The lowest BCUT2D eigenvalue weighted by atomic mass is 10.1. The lowest BCUT2D eigenvalue weighted by molar-refractivity contribution is -0.139. The van der Waals surface area contributed by atoms with Crippen LogP contribution in [0.2, 0.25) is 0 Å². The van der Waals surface area contributed by atoms with E-state index in [2.05, 4.69) is 5.32 Å². The van der Waals surface area contributed by atoms with Crippen LogP contribution < -0.4 is 5.32 Å². The number of aliphatic carboxylic acids is 1. The first kappa shape index (κ1) is 16.0. The molecule has 1 heterocycles. The van der Waals surface area contributed by atoms with E-state index in [0.717, 1.165) is 0 Å². The first-order chi connectivity index (χ1) is 9.36. The van der Waals surface area contributed by atoms with Gasteiger partial charge >= 0.3 is 5.97 Å². The number of carboxylic acids is 1. The summed E-state index contributed by atoms with van der Waals surface area (Å²) in [7, 11) is 0. The molecule has 20 heavy (non-hydrogen) atoms. The van der Waals surface area contributed by atoms with Gasteiger partial charge in [-0.25, -0.2) is 4.79 Å². The molecule has 0 saturated carbocycles. The maximum absolute atomic E-state index is 12.1. The standard InChI is InChI=1S/C15H21NO4/c1-5-6-7-12(15(18)19)16-14(17)11-8-13(9(2)3)20-10(11)4/h5-6,8-9,12H,7H2,1-4H3,(H,16,17)(H,18,19)/b6-5+. The molecule has 0 aromatic carbocycles. The van der Waals surface area contributed by atoms with E-state index in [9.17, 15) is 9.59 Å². The highest BCUT2D eigenvalue weighted by atomic mass is 16.4. The van der Waals surface area contributed by atoms with Crippen molar-refractivity contribution in [3.63, 3.8) is 0 Å². The third kappa shape index (κ3) is 3.98. The van der Waals surface area contributed by atoms with Crippen LogP contribution >= 0.6 is 0 Å². The van der Waals surface area contributed by atoms with E-state index in [1.807, 2.05) is 13.8 Å². The first-order valence-electron chi connectivity index (χ1n) is 6.62. The molecular weight excluding hydrogens is 258 g/mol. The van der Waals surface area contributed by atoms with Crippen molar-refractivity contribution in [1.82, 2.24) is 5.32 Å². The van der Waals surface area contributed by atoms with Gasteiger partial charge in [0.15, 0.2) is 0 Å². The summed E-state index contributed by atoms with van der Waals surface area (Å²) in [4.78, 5) is 23.2. The molecule has 1 aromatic rings. The number of carboxylic acid groups (broad SMARTS) is 1. The van der Waals surface area contributed by atoms with Crippen LogP contribution in [0.3, 0.4) is 0 Å². The Morgan fingerprint density at radius 3 is 2.55 bits per heavy atom. The summed E-state index contributed by atoms with van der Waals surface area (Å²) in [6, 6.07) is 0.736. The van der Waals surface area contributed by atoms with Crippen molar-refractivity contribution in [2.24, 2.45) is 0 Å². The number of aryl methyl sites for hydroxylation is 1. The van der Waals surface area contributed by atoms with Crippen LogP contribution in [0.4, 0.5) is 0 Å². The highest BCUT2D eigenvalue weighted by molar-refractivity contribution is 5.97. The highest BCUT2D eigenvalue weighted by Crippen LogP contribution is 2.21. The number of allylic oxidation sites excluding steroid dienone is 1. The first-order valence-corrected chi connectivity index (χ1v) is 6.62. The van der Waals surface area contributed by atoms with Crippen molar-refractivity contribution in [1.29, 1.82) is 0 Å². The Morgan fingerprint density at radius 2 is 2.10 bits per heavy atom. The van der Waals surface area contributed by atoms with Crippen LogP contribution in [-0.2, 0) is 4.79 Å². The van der Waals surface area contributed by atoms with Gasteiger partial charge in [0.1, 0.15) is 17.6 Å². The minimum absolute atomic E-state index is 0.175. The molecule has 1 amide bonds. The average Bonchev–Trinajstić information content (AvgIpc) is 2.76. The van der Waals surface area contributed by atoms with Crippen molar-refractivity contribution in [3.05, 3.63) is 35.3 Å². The number of amides is 1. The molecule has 0 aliphatic rings. The summed E-state index contributed by atoms with van der Waals surface area (Å²) in [6.45, 7) is 7.43. The lowest BCUT2D eigenvalue weighted by Crippen LogP contribution is -2.40. The second-order valence-electron chi connectivity index (χ2n) is 4.94. The zero-order valence-electron chi connectivity index (χ0n) is 12.3. The van der Waals surface area contributed by atoms with Crippen molar-refractivity contribution < 1.29 is 19.1 Å². The molecule has 0 spiro atoms. The van der Waals surface area contributed by atoms with Gasteiger partial charge < -0.3 is 14.8 Å². The van der Waals surface area contributed by atoms with Gasteiger partial charge in [-0.3, -0.25) is 4.79 Å². The Labute approximate surface area is 118 Å². The van der Waals surface area contributed by atoms with Crippen molar-refractivity contribution in [2.75, 3.05) is 0 Å². The van der Waals surface area contributed by atoms with E-state index in [4.69, 9.17) is 9.52 Å². The van der Waals surface area contributed by atoms with Crippen LogP contribution in [0.15, 0.2) is 22.6 Å². The molecule has 0 aliphatic carbocycles. The smallest absolute Gasteiger partial charge is 0.326 e. The van der Waals surface area contributed by atoms with Crippen molar-refractivity contribution in [2.45, 2.75) is 46.1 Å². The summed E-state index contributed by atoms with van der Waals surface area (Å²) in [5.41, 5.74) is 0.389. The van der Waals surface area contributed by atoms with Crippen LogP contribution in [0.5, 0.6) is 0 Å². The van der Waals surface area contributed by atoms with E-state index in [-0.39, 0.29) is 12.3 Å². The molecule has 1 atom stereocenters. The predicted octanol–water partition coefficient (Wildman–Crippen LogP) is 2.86. The summed E-state index contributed by atoms with van der Waals surface area (Å²) >= 11 is 0. The molecule has 1 rings (SSSR count). The van der Waals surface area contributed by atoms with Gasteiger partial charge in [0.2, 0.25) is 0 Å². The number of carbonyl (C=O) groups is 2. The molecule has 5 heteroatoms. The van der Waals surface area contributed by atoms with Gasteiger partial charge in [-0.05, 0) is 26.3 Å². The SMILES string of the molecule is C/C=C/CC(NC(=O)c1cc(C(C)C)oc1C)C(=O)O. The zero-order chi connectivity index (χ0) is 15.3. The fourth-order valence-electron chi connectivity index (χ4n) is 1.74. The number of rotatable bonds is 6. The number of hydrogen-bond donors (Lipinski definition) is 2. The van der Waals surface area contributed by atoms with Crippen LogP contribution in [-0.4, -0.2) is 23.0 Å². The Bertz CT molecular complexity index is 514. The normalized spacial score (nSPS) is 12.8. The largest absolute Gasteiger partial charge is 0.480 e. The monoisotopic (exact) mass is 279 g/mol. The third-order valence-electron chi connectivity index (χ3n) is 2.96. The van der Waals surface area contributed by atoms with E-state index in [1.54, 1.807) is 32.1 Å². The van der Waals surface area contributed by atoms with Gasteiger partial charge in [-0.2, -0.15) is 0 Å². The number of carbonyl (C=O) groups excluding carboxylic acids is 1. The van der Waals surface area contributed by atoms with E-state index < -0.39 is 17.9 Å². The zero-order valence-corrected chi connectivity index (χ0v) is 12.3.